The van der Waals surface area contributed by atoms with Crippen LogP contribution in [0.15, 0.2) is 29.9 Å². The van der Waals surface area contributed by atoms with Gasteiger partial charge in [0, 0.05) is 0 Å². The fourth-order valence-electron chi connectivity index (χ4n) is 32.4. The van der Waals surface area contributed by atoms with Crippen molar-refractivity contribution < 1.29 is 0 Å². The first-order chi connectivity index (χ1) is 46.6. The quantitative estimate of drug-likeness (QED) is 0.188. The highest BCUT2D eigenvalue weighted by Gasteiger charge is 2.66. The van der Waals surface area contributed by atoms with E-state index < -0.39 is 0 Å². The van der Waals surface area contributed by atoms with Gasteiger partial charge in [-0.1, -0.05) is 120 Å². The summed E-state index contributed by atoms with van der Waals surface area (Å²) in [6.07, 6.45) is 52.9. The van der Waals surface area contributed by atoms with Crippen molar-refractivity contribution in [3.05, 3.63) is 52.1 Å². The van der Waals surface area contributed by atoms with Crippen molar-refractivity contribution in [2.24, 2.45) is 183 Å². The minimum atomic E-state index is -0.163. The number of allylic oxidation sites excluding steroid dienone is 4. The molecule has 522 valence electrons. The van der Waals surface area contributed by atoms with Gasteiger partial charge in [0.2, 0.25) is 0 Å². The molecule has 0 nitrogen and oxygen atoms in total. The lowest BCUT2D eigenvalue weighted by Gasteiger charge is -2.60. The maximum Gasteiger partial charge on any atom is 0.0568 e. The van der Waals surface area contributed by atoms with Crippen molar-refractivity contribution in [3.63, 3.8) is 0 Å². The SMILES string of the molecule is ClC1C(Cl)C(C2C(Cl)C(Cl)C(C3C(Cl)C(Cl)C(C=C(C4CC5CCC6CCCC7CCC(C4)C5C67)C4CCC5CCCC6CCCC4C65)C4CSCC43)C3CSCC32)C2CSCC2C1C=C(c1cc2c3c(c1)CCC1CCCC(CC2)C31)C1CCC2CCCC3CCCC1C32. The van der Waals surface area contributed by atoms with Gasteiger partial charge in [-0.15, -0.1) is 69.6 Å². The zero-order valence-electron chi connectivity index (χ0n) is 57.6. The summed E-state index contributed by atoms with van der Waals surface area (Å²) in [6, 6.07) is 5.64. The standard InChI is InChI=1S/C86H118Cl6S3/c87-81-63(35-61(57-29-27-45-9-1-7-43-15-5-17-59(57)71(43)45)55-31-51-23-19-47-11-3-12-48-20-24-52(32-55)75(51)73(47)48)65-37-93-39-67(65)77(83(81)89)79-69-41-95-42-70(69)80(86(92)85(79)91)78-68-40-94-38-66(68)64(82(88)84(78)90)36-62(58-30-28-46-10-2-8-44-16-6-18-60(58)72(44)46)56-33-53-25-21-49-13-4-14-50-22-26-54(34-56)76(53)74(49)50/h31-32,35-36,43-50,53-54,56-60,63-74,76-86H,1-30,33-34,37-42H2. The lowest BCUT2D eigenvalue weighted by atomic mass is 9.45. The number of hydrogen-bond donors (Lipinski definition) is 0. The van der Waals surface area contributed by atoms with Crippen LogP contribution in [0.4, 0.5) is 0 Å². The average Bonchev–Trinajstić information content (AvgIpc) is 1.66. The highest BCUT2D eigenvalue weighted by molar-refractivity contribution is 8.00. The fraction of sp³-hybridized carbons (Fsp3) is 0.884. The number of alkyl halides is 6. The Kier molecular flexibility index (Phi) is 18.6. The van der Waals surface area contributed by atoms with Gasteiger partial charge in [-0.05, 0) is 367 Å². The molecular formula is C86H118Cl6S3. The van der Waals surface area contributed by atoms with Gasteiger partial charge in [0.15, 0.2) is 0 Å². The molecule has 0 aromatic heterocycles. The number of benzene rings is 1. The predicted molar refractivity (Wildman–Crippen MR) is 409 cm³/mol. The number of halogens is 6. The monoisotopic (exact) mass is 1460 g/mol. The van der Waals surface area contributed by atoms with E-state index in [1.54, 1.807) is 22.3 Å². The van der Waals surface area contributed by atoms with E-state index in [0.717, 1.165) is 118 Å². The molecule has 17 fully saturated rings. The molecule has 9 heteroatoms. The van der Waals surface area contributed by atoms with Crippen LogP contribution in [0.3, 0.4) is 0 Å². The number of aryl methyl sites for hydroxylation is 2. The Bertz CT molecular complexity index is 2970. The van der Waals surface area contributed by atoms with Gasteiger partial charge in [-0.25, -0.2) is 0 Å². The van der Waals surface area contributed by atoms with E-state index in [9.17, 15) is 0 Å². The van der Waals surface area contributed by atoms with Crippen LogP contribution in [-0.2, 0) is 12.8 Å². The summed E-state index contributed by atoms with van der Waals surface area (Å²) in [5, 5.41) is -0.791. The zero-order valence-corrected chi connectivity index (χ0v) is 64.6. The van der Waals surface area contributed by atoms with Gasteiger partial charge in [0.05, 0.1) is 32.3 Å². The Hall–Kier alpha value is 1.49. The third kappa shape index (κ3) is 10.8. The summed E-state index contributed by atoms with van der Waals surface area (Å²) in [5.74, 6) is 30.2. The van der Waals surface area contributed by atoms with Gasteiger partial charge < -0.3 is 0 Å². The van der Waals surface area contributed by atoms with Crippen molar-refractivity contribution in [1.29, 1.82) is 0 Å². The molecule has 14 saturated carbocycles. The van der Waals surface area contributed by atoms with Crippen LogP contribution >= 0.6 is 105 Å². The van der Waals surface area contributed by atoms with Crippen LogP contribution in [0.25, 0.3) is 5.57 Å². The molecular weight excluding hydrogens is 1340 g/mol. The smallest absolute Gasteiger partial charge is 0.0568 e. The van der Waals surface area contributed by atoms with Crippen LogP contribution in [-0.4, -0.2) is 66.8 Å². The molecule has 0 radical (unpaired) electrons. The van der Waals surface area contributed by atoms with Crippen molar-refractivity contribution in [3.8, 4) is 0 Å². The number of thioether (sulfide) groups is 3. The molecule has 34 unspecified atom stereocenters. The molecule has 34 atom stereocenters. The summed E-state index contributed by atoms with van der Waals surface area (Å²) >= 11 is 57.3. The fourth-order valence-corrected chi connectivity index (χ4v) is 40.2. The molecule has 0 N–H and O–H groups in total. The van der Waals surface area contributed by atoms with Crippen LogP contribution in [0.5, 0.6) is 0 Å². The molecule has 16 aliphatic carbocycles. The van der Waals surface area contributed by atoms with Crippen molar-refractivity contribution in [2.75, 3.05) is 34.5 Å². The molecule has 95 heavy (non-hydrogen) atoms. The maximum absolute atomic E-state index is 8.44. The number of rotatable bonds is 8. The first-order valence-corrected chi connectivity index (χ1v) is 47.9. The topological polar surface area (TPSA) is 0 Å². The number of fused-ring (bicyclic) bond motifs is 3. The van der Waals surface area contributed by atoms with E-state index in [2.05, 4.69) is 59.6 Å². The van der Waals surface area contributed by atoms with E-state index >= 15 is 0 Å². The molecule has 1 aromatic carbocycles. The Morgan fingerprint density at radius 3 is 1.17 bits per heavy atom. The Morgan fingerprint density at radius 2 is 0.674 bits per heavy atom. The van der Waals surface area contributed by atoms with E-state index in [-0.39, 0.29) is 61.9 Å². The molecule has 3 aliphatic heterocycles. The van der Waals surface area contributed by atoms with Gasteiger partial charge >= 0.3 is 0 Å². The van der Waals surface area contributed by atoms with Gasteiger partial charge in [0.1, 0.15) is 0 Å². The minimum Gasteiger partial charge on any atom is -0.161 e. The average molecular weight is 1460 g/mol. The van der Waals surface area contributed by atoms with E-state index in [0.29, 0.717) is 47.3 Å². The summed E-state index contributed by atoms with van der Waals surface area (Å²) in [6.45, 7) is 0. The summed E-state index contributed by atoms with van der Waals surface area (Å²) < 4.78 is 0. The molecule has 0 amide bonds. The molecule has 1 aromatic rings. The van der Waals surface area contributed by atoms with Crippen LogP contribution < -0.4 is 0 Å². The first-order valence-electron chi connectivity index (χ1n) is 41.8. The Balaban J connectivity index is 0.605. The highest BCUT2D eigenvalue weighted by Crippen LogP contribution is 2.69. The lowest BCUT2D eigenvalue weighted by Crippen LogP contribution is -2.61. The van der Waals surface area contributed by atoms with E-state index in [1.807, 2.05) is 11.1 Å². The van der Waals surface area contributed by atoms with Crippen LogP contribution in [0.1, 0.15) is 221 Å². The van der Waals surface area contributed by atoms with Crippen LogP contribution in [0.2, 0.25) is 0 Å². The van der Waals surface area contributed by atoms with Gasteiger partial charge in [0.25, 0.3) is 0 Å². The zero-order chi connectivity index (χ0) is 63.2. The maximum atomic E-state index is 8.44. The second kappa shape index (κ2) is 26.8. The molecule has 0 spiro atoms. The third-order valence-corrected chi connectivity index (χ3v) is 43.0. The molecule has 19 aliphatic rings. The molecule has 3 heterocycles. The summed E-state index contributed by atoms with van der Waals surface area (Å²) in [5.41, 5.74) is 10.6. The lowest BCUT2D eigenvalue weighted by molar-refractivity contribution is -0.0876. The van der Waals surface area contributed by atoms with Crippen LogP contribution in [0, 0.1) is 183 Å². The van der Waals surface area contributed by atoms with E-state index in [4.69, 9.17) is 69.6 Å². The van der Waals surface area contributed by atoms with Crippen molar-refractivity contribution in [2.45, 2.75) is 244 Å². The van der Waals surface area contributed by atoms with Crippen molar-refractivity contribution >= 4 is 110 Å². The molecule has 3 saturated heterocycles. The molecule has 20 rings (SSSR count). The predicted octanol–water partition coefficient (Wildman–Crippen LogP) is 24.1. The largest absolute Gasteiger partial charge is 0.161 e. The molecule has 0 bridgehead atoms. The van der Waals surface area contributed by atoms with Gasteiger partial charge in [-0.2, -0.15) is 35.3 Å². The first kappa shape index (κ1) is 66.0. The Morgan fingerprint density at radius 1 is 0.316 bits per heavy atom. The second-order valence-electron chi connectivity index (χ2n) is 38.3. The normalized spacial score (nSPS) is 55.8. The Labute approximate surface area is 618 Å². The third-order valence-electron chi connectivity index (χ3n) is 35.5. The van der Waals surface area contributed by atoms with E-state index in [1.165, 1.54) is 234 Å². The minimum absolute atomic E-state index is 0.0821. The summed E-state index contributed by atoms with van der Waals surface area (Å²) in [4.78, 5) is 0. The second-order valence-corrected chi connectivity index (χ2v) is 44.6. The van der Waals surface area contributed by atoms with Gasteiger partial charge in [-0.3, -0.25) is 0 Å². The highest BCUT2D eigenvalue weighted by atomic mass is 35.5. The summed E-state index contributed by atoms with van der Waals surface area (Å²) in [7, 11) is 0. The van der Waals surface area contributed by atoms with Crippen molar-refractivity contribution in [1.82, 2.24) is 0 Å². The number of hydrogen-bond acceptors (Lipinski definition) is 3.